The Morgan fingerprint density at radius 3 is 2.82 bits per heavy atom. The lowest BCUT2D eigenvalue weighted by Gasteiger charge is -1.98. The molecule has 0 aliphatic heterocycles. The van der Waals surface area contributed by atoms with Crippen molar-refractivity contribution in [2.45, 2.75) is 0 Å². The van der Waals surface area contributed by atoms with Crippen molar-refractivity contribution in [3.8, 4) is 16.6 Å². The van der Waals surface area contributed by atoms with Gasteiger partial charge in [0.05, 0.1) is 5.69 Å². The first-order valence-electron chi connectivity index (χ1n) is 6.25. The highest BCUT2D eigenvalue weighted by molar-refractivity contribution is 7.13. The number of nitrogens with zero attached hydrogens (tertiary/aromatic N) is 2. The number of hydrogen-bond donors (Lipinski definition) is 0. The fourth-order valence-electron chi connectivity index (χ4n) is 1.57. The molecule has 0 fully saturated rings. The summed E-state index contributed by atoms with van der Waals surface area (Å²) >= 11 is 7.26. The Labute approximate surface area is 136 Å². The van der Waals surface area contributed by atoms with E-state index >= 15 is 0 Å². The van der Waals surface area contributed by atoms with Crippen molar-refractivity contribution in [1.82, 2.24) is 4.98 Å². The van der Waals surface area contributed by atoms with E-state index < -0.39 is 5.97 Å². The third kappa shape index (κ3) is 4.04. The van der Waals surface area contributed by atoms with Gasteiger partial charge >= 0.3 is 5.97 Å². The summed E-state index contributed by atoms with van der Waals surface area (Å²) in [5.74, 6) is -0.691. The summed E-state index contributed by atoms with van der Waals surface area (Å²) in [5.41, 5.74) is 1.35. The molecule has 1 aromatic heterocycles. The van der Waals surface area contributed by atoms with Gasteiger partial charge in [-0.25, -0.2) is 9.78 Å². The SMILES string of the molecule is C=CCOC(=O)/C(C#N)=C/c1csc(-c2ccc(Cl)cc2)n1. The second-order valence-corrected chi connectivity index (χ2v) is 5.44. The summed E-state index contributed by atoms with van der Waals surface area (Å²) in [6.07, 6.45) is 2.84. The molecule has 22 heavy (non-hydrogen) atoms. The Morgan fingerprint density at radius 2 is 2.18 bits per heavy atom. The molecule has 1 aromatic carbocycles. The standard InChI is InChI=1S/C16H11ClN2O2S/c1-2-7-21-16(20)12(9-18)8-14-10-22-15(19-14)11-3-5-13(17)6-4-11/h2-6,8,10H,1,7H2/b12-8+. The Hall–Kier alpha value is -2.42. The molecule has 0 unspecified atom stereocenters. The summed E-state index contributed by atoms with van der Waals surface area (Å²) in [7, 11) is 0. The molecule has 0 saturated heterocycles. The molecule has 0 aliphatic carbocycles. The van der Waals surface area contributed by atoms with Crippen LogP contribution in [0.2, 0.25) is 5.02 Å². The van der Waals surface area contributed by atoms with Crippen molar-refractivity contribution in [2.75, 3.05) is 6.61 Å². The third-order valence-electron chi connectivity index (χ3n) is 2.58. The quantitative estimate of drug-likeness (QED) is 0.358. The predicted octanol–water partition coefficient (Wildman–Crippen LogP) is 4.10. The molecule has 2 rings (SSSR count). The van der Waals surface area contributed by atoms with E-state index in [1.54, 1.807) is 17.5 Å². The molecule has 0 radical (unpaired) electrons. The molecule has 0 bridgehead atoms. The summed E-state index contributed by atoms with van der Waals surface area (Å²) in [6, 6.07) is 9.09. The van der Waals surface area contributed by atoms with Gasteiger partial charge in [-0.2, -0.15) is 5.26 Å². The highest BCUT2D eigenvalue weighted by Crippen LogP contribution is 2.26. The number of carbonyl (C=O) groups is 1. The minimum Gasteiger partial charge on any atom is -0.457 e. The second kappa shape index (κ2) is 7.55. The number of esters is 1. The first-order chi connectivity index (χ1) is 10.6. The van der Waals surface area contributed by atoms with Gasteiger partial charge in [0.15, 0.2) is 0 Å². The second-order valence-electron chi connectivity index (χ2n) is 4.14. The molecule has 0 N–H and O–H groups in total. The van der Waals surface area contributed by atoms with Crippen LogP contribution < -0.4 is 0 Å². The van der Waals surface area contributed by atoms with Crippen LogP contribution in [0.4, 0.5) is 0 Å². The number of rotatable bonds is 5. The van der Waals surface area contributed by atoms with Gasteiger partial charge in [0.2, 0.25) is 0 Å². The smallest absolute Gasteiger partial charge is 0.349 e. The molecule has 0 aliphatic rings. The predicted molar refractivity (Wildman–Crippen MR) is 87.3 cm³/mol. The van der Waals surface area contributed by atoms with Crippen LogP contribution in [0.15, 0.2) is 47.9 Å². The molecule has 1 heterocycles. The van der Waals surface area contributed by atoms with E-state index in [1.165, 1.54) is 23.5 Å². The van der Waals surface area contributed by atoms with Crippen molar-refractivity contribution in [2.24, 2.45) is 0 Å². The van der Waals surface area contributed by atoms with Crippen molar-refractivity contribution in [3.63, 3.8) is 0 Å². The fourth-order valence-corrected chi connectivity index (χ4v) is 2.48. The first-order valence-corrected chi connectivity index (χ1v) is 7.51. The van der Waals surface area contributed by atoms with Gasteiger partial charge in [-0.15, -0.1) is 11.3 Å². The molecule has 110 valence electrons. The van der Waals surface area contributed by atoms with Crippen LogP contribution in [-0.4, -0.2) is 17.6 Å². The van der Waals surface area contributed by atoms with Gasteiger partial charge < -0.3 is 4.74 Å². The normalized spacial score (nSPS) is 10.8. The summed E-state index contributed by atoms with van der Waals surface area (Å²) < 4.78 is 4.83. The Bertz CT molecular complexity index is 757. The van der Waals surface area contributed by atoms with E-state index in [1.807, 2.05) is 18.2 Å². The molecule has 6 heteroatoms. The average molecular weight is 331 g/mol. The summed E-state index contributed by atoms with van der Waals surface area (Å²) in [4.78, 5) is 16.0. The van der Waals surface area contributed by atoms with E-state index in [4.69, 9.17) is 21.6 Å². The maximum atomic E-state index is 11.7. The molecule has 0 atom stereocenters. The van der Waals surface area contributed by atoms with Crippen LogP contribution in [0.5, 0.6) is 0 Å². The number of halogens is 1. The number of nitriles is 1. The lowest BCUT2D eigenvalue weighted by Crippen LogP contribution is -2.06. The highest BCUT2D eigenvalue weighted by Gasteiger charge is 2.11. The number of hydrogen-bond acceptors (Lipinski definition) is 5. The molecule has 0 amide bonds. The van der Waals surface area contributed by atoms with Crippen molar-refractivity contribution >= 4 is 35.0 Å². The van der Waals surface area contributed by atoms with Gasteiger partial charge in [-0.3, -0.25) is 0 Å². The van der Waals surface area contributed by atoms with Gasteiger partial charge in [0, 0.05) is 16.0 Å². The zero-order valence-corrected chi connectivity index (χ0v) is 13.0. The first kappa shape index (κ1) is 16.0. The van der Waals surface area contributed by atoms with Gasteiger partial charge in [0.1, 0.15) is 23.3 Å². The minimum atomic E-state index is -0.691. The molecule has 4 nitrogen and oxygen atoms in total. The maximum absolute atomic E-state index is 11.7. The fraction of sp³-hybridized carbons (Fsp3) is 0.0625. The number of thiazole rings is 1. The van der Waals surface area contributed by atoms with Crippen LogP contribution in [0.3, 0.4) is 0 Å². The maximum Gasteiger partial charge on any atom is 0.349 e. The zero-order valence-electron chi connectivity index (χ0n) is 11.5. The molecule has 0 spiro atoms. The van der Waals surface area contributed by atoms with Crippen molar-refractivity contribution < 1.29 is 9.53 Å². The summed E-state index contributed by atoms with van der Waals surface area (Å²) in [6.45, 7) is 3.51. The molecular weight excluding hydrogens is 320 g/mol. The van der Waals surface area contributed by atoms with Gasteiger partial charge in [-0.1, -0.05) is 36.4 Å². The van der Waals surface area contributed by atoms with Gasteiger partial charge in [-0.05, 0) is 18.2 Å². The minimum absolute atomic E-state index is 0.0605. The van der Waals surface area contributed by atoms with E-state index in [-0.39, 0.29) is 12.2 Å². The number of ether oxygens (including phenoxy) is 1. The van der Waals surface area contributed by atoms with Crippen LogP contribution in [0.1, 0.15) is 5.69 Å². The monoisotopic (exact) mass is 330 g/mol. The number of carbonyl (C=O) groups excluding carboxylic acids is 1. The lowest BCUT2D eigenvalue weighted by atomic mass is 10.2. The molecule has 2 aromatic rings. The van der Waals surface area contributed by atoms with E-state index in [0.717, 1.165) is 10.6 Å². The lowest BCUT2D eigenvalue weighted by molar-refractivity contribution is -0.137. The van der Waals surface area contributed by atoms with Gasteiger partial charge in [0.25, 0.3) is 0 Å². The molecule has 0 saturated carbocycles. The Balaban J connectivity index is 2.21. The van der Waals surface area contributed by atoms with E-state index in [9.17, 15) is 4.79 Å². The molecular formula is C16H11ClN2O2S. The van der Waals surface area contributed by atoms with Crippen molar-refractivity contribution in [3.05, 3.63) is 58.6 Å². The van der Waals surface area contributed by atoms with Crippen LogP contribution >= 0.6 is 22.9 Å². The highest BCUT2D eigenvalue weighted by atomic mass is 35.5. The third-order valence-corrected chi connectivity index (χ3v) is 3.74. The van der Waals surface area contributed by atoms with Crippen molar-refractivity contribution in [1.29, 1.82) is 5.26 Å². The Kier molecular flexibility index (Phi) is 5.48. The van der Waals surface area contributed by atoms with E-state index in [0.29, 0.717) is 10.7 Å². The average Bonchev–Trinajstić information content (AvgIpc) is 2.99. The zero-order chi connectivity index (χ0) is 15.9. The van der Waals surface area contributed by atoms with Crippen LogP contribution in [0.25, 0.3) is 16.6 Å². The van der Waals surface area contributed by atoms with Crippen LogP contribution in [0, 0.1) is 11.3 Å². The van der Waals surface area contributed by atoms with Crippen LogP contribution in [-0.2, 0) is 9.53 Å². The number of aromatic nitrogens is 1. The summed E-state index contributed by atoms with van der Waals surface area (Å²) in [5, 5.41) is 12.2. The van der Waals surface area contributed by atoms with E-state index in [2.05, 4.69) is 11.6 Å². The largest absolute Gasteiger partial charge is 0.457 e. The topological polar surface area (TPSA) is 63.0 Å². The Morgan fingerprint density at radius 1 is 1.45 bits per heavy atom. The number of benzene rings is 1.